The maximum atomic E-state index is 6.41. The summed E-state index contributed by atoms with van der Waals surface area (Å²) < 4.78 is 14.2. The molecule has 138 valence electrons. The third-order valence-electron chi connectivity index (χ3n) is 4.10. The molecule has 2 N–H and O–H groups in total. The average Bonchev–Trinajstić information content (AvgIpc) is 3.31. The highest BCUT2D eigenvalue weighted by Crippen LogP contribution is 2.30. The van der Waals surface area contributed by atoms with Crippen LogP contribution in [0, 0.1) is 0 Å². The lowest BCUT2D eigenvalue weighted by molar-refractivity contribution is 0.354. The fraction of sp³-hybridized carbons (Fsp3) is 0.412. The second kappa shape index (κ2) is 7.96. The molecule has 9 heteroatoms. The highest BCUT2D eigenvalue weighted by Gasteiger charge is 2.16. The number of benzene rings is 1. The summed E-state index contributed by atoms with van der Waals surface area (Å²) in [5, 5.41) is 8.61. The maximum Gasteiger partial charge on any atom is 0.172 e. The van der Waals surface area contributed by atoms with E-state index in [9.17, 15) is 0 Å². The quantitative estimate of drug-likeness (QED) is 0.645. The molecule has 0 amide bonds. The van der Waals surface area contributed by atoms with Crippen molar-refractivity contribution >= 4 is 0 Å². The number of methoxy groups -OCH3 is 2. The summed E-state index contributed by atoms with van der Waals surface area (Å²) in [4.78, 5) is 8.56. The van der Waals surface area contributed by atoms with Crippen LogP contribution in [0.4, 0.5) is 0 Å². The Morgan fingerprint density at radius 1 is 1.19 bits per heavy atom. The van der Waals surface area contributed by atoms with Gasteiger partial charge in [0.25, 0.3) is 0 Å². The zero-order valence-electron chi connectivity index (χ0n) is 15.2. The summed E-state index contributed by atoms with van der Waals surface area (Å²) >= 11 is 0. The van der Waals surface area contributed by atoms with Crippen molar-refractivity contribution in [3.63, 3.8) is 0 Å². The van der Waals surface area contributed by atoms with Crippen molar-refractivity contribution in [2.75, 3.05) is 14.2 Å². The van der Waals surface area contributed by atoms with Crippen molar-refractivity contribution in [3.8, 4) is 11.5 Å². The van der Waals surface area contributed by atoms with Crippen molar-refractivity contribution < 1.29 is 9.47 Å². The molecule has 2 heterocycles. The lowest BCUT2D eigenvalue weighted by Crippen LogP contribution is -2.17. The van der Waals surface area contributed by atoms with E-state index in [0.29, 0.717) is 30.3 Å². The molecule has 2 aromatic heterocycles. The number of nitrogens with zero attached hydrogens (tertiary/aromatic N) is 6. The molecular weight excluding hydrogens is 334 g/mol. The summed E-state index contributed by atoms with van der Waals surface area (Å²) in [5.41, 5.74) is 7.36. The second-order valence-electron chi connectivity index (χ2n) is 5.78. The van der Waals surface area contributed by atoms with E-state index in [4.69, 9.17) is 15.2 Å². The largest absolute Gasteiger partial charge is 0.493 e. The van der Waals surface area contributed by atoms with E-state index in [1.807, 2.05) is 29.8 Å². The highest BCUT2D eigenvalue weighted by atomic mass is 16.5. The predicted octanol–water partition coefficient (Wildman–Crippen LogP) is 1.20. The first kappa shape index (κ1) is 17.9. The summed E-state index contributed by atoms with van der Waals surface area (Å²) in [6, 6.07) is 5.46. The van der Waals surface area contributed by atoms with Gasteiger partial charge in [-0.3, -0.25) is 0 Å². The molecule has 0 saturated heterocycles. The van der Waals surface area contributed by atoms with Gasteiger partial charge in [0.15, 0.2) is 17.3 Å². The summed E-state index contributed by atoms with van der Waals surface area (Å²) in [6.07, 6.45) is 3.69. The zero-order chi connectivity index (χ0) is 18.5. The van der Waals surface area contributed by atoms with Gasteiger partial charge in [-0.25, -0.2) is 19.3 Å². The van der Waals surface area contributed by atoms with Crippen molar-refractivity contribution in [1.82, 2.24) is 29.5 Å². The zero-order valence-corrected chi connectivity index (χ0v) is 15.2. The van der Waals surface area contributed by atoms with E-state index in [2.05, 4.69) is 20.2 Å². The Morgan fingerprint density at radius 3 is 2.65 bits per heavy atom. The Balaban J connectivity index is 1.78. The van der Waals surface area contributed by atoms with Crippen molar-refractivity contribution in [1.29, 1.82) is 0 Å². The van der Waals surface area contributed by atoms with Gasteiger partial charge in [0.2, 0.25) is 0 Å². The summed E-state index contributed by atoms with van der Waals surface area (Å²) in [7, 11) is 3.22. The fourth-order valence-electron chi connectivity index (χ4n) is 2.75. The standard InChI is InChI=1S/C17H23N7O2/c1-4-24-17(21-16(22-24)9-23-11-19-10-20-23)8-13(18)12-5-6-14(25-2)15(7-12)26-3/h5-7,10-11,13H,4,8-9,18H2,1-3H3/t13-/m1/s1. The third-order valence-corrected chi connectivity index (χ3v) is 4.10. The van der Waals surface area contributed by atoms with Gasteiger partial charge in [-0.2, -0.15) is 10.2 Å². The van der Waals surface area contributed by atoms with Crippen molar-refractivity contribution in [3.05, 3.63) is 48.1 Å². The Hall–Kier alpha value is -2.94. The van der Waals surface area contributed by atoms with Crippen LogP contribution in [0.3, 0.4) is 0 Å². The average molecular weight is 357 g/mol. The molecule has 0 fully saturated rings. The molecule has 3 rings (SSSR count). The number of nitrogens with two attached hydrogens (primary N) is 1. The van der Waals surface area contributed by atoms with Gasteiger partial charge in [0, 0.05) is 19.0 Å². The minimum absolute atomic E-state index is 0.233. The molecule has 0 saturated carbocycles. The molecule has 0 aliphatic rings. The Bertz CT molecular complexity index is 845. The normalized spacial score (nSPS) is 12.2. The number of aryl methyl sites for hydroxylation is 1. The van der Waals surface area contributed by atoms with Crippen molar-refractivity contribution in [2.24, 2.45) is 5.73 Å². The topological polar surface area (TPSA) is 106 Å². The van der Waals surface area contributed by atoms with E-state index >= 15 is 0 Å². The first-order valence-electron chi connectivity index (χ1n) is 8.37. The van der Waals surface area contributed by atoms with Crippen LogP contribution in [-0.4, -0.2) is 43.7 Å². The second-order valence-corrected chi connectivity index (χ2v) is 5.78. The minimum Gasteiger partial charge on any atom is -0.493 e. The van der Waals surface area contributed by atoms with Gasteiger partial charge in [-0.15, -0.1) is 0 Å². The summed E-state index contributed by atoms with van der Waals surface area (Å²) in [6.45, 7) is 3.23. The van der Waals surface area contributed by atoms with Gasteiger partial charge in [-0.05, 0) is 24.6 Å². The lowest BCUT2D eigenvalue weighted by atomic mass is 10.0. The predicted molar refractivity (Wildman–Crippen MR) is 95.0 cm³/mol. The number of hydrogen-bond donors (Lipinski definition) is 1. The Morgan fingerprint density at radius 2 is 2.00 bits per heavy atom. The summed E-state index contributed by atoms with van der Waals surface area (Å²) in [5.74, 6) is 2.86. The molecule has 0 unspecified atom stereocenters. The maximum absolute atomic E-state index is 6.41. The number of hydrogen-bond acceptors (Lipinski definition) is 7. The lowest BCUT2D eigenvalue weighted by Gasteiger charge is -2.15. The first-order chi connectivity index (χ1) is 12.6. The molecule has 0 bridgehead atoms. The minimum atomic E-state index is -0.233. The van der Waals surface area contributed by atoms with Crippen LogP contribution in [0.5, 0.6) is 11.5 Å². The van der Waals surface area contributed by atoms with E-state index in [0.717, 1.165) is 17.9 Å². The molecule has 26 heavy (non-hydrogen) atoms. The Labute approximate surface area is 151 Å². The van der Waals surface area contributed by atoms with Crippen LogP contribution < -0.4 is 15.2 Å². The van der Waals surface area contributed by atoms with Crippen LogP contribution in [0.1, 0.15) is 30.2 Å². The SMILES string of the molecule is CCn1nc(Cn2cncn2)nc1C[C@@H](N)c1ccc(OC)c(OC)c1. The molecule has 0 spiro atoms. The van der Waals surface area contributed by atoms with Gasteiger partial charge in [-0.1, -0.05) is 6.07 Å². The molecule has 3 aromatic rings. The molecule has 0 radical (unpaired) electrons. The number of aromatic nitrogens is 6. The number of ether oxygens (including phenoxy) is 2. The molecular formula is C17H23N7O2. The smallest absolute Gasteiger partial charge is 0.172 e. The van der Waals surface area contributed by atoms with Gasteiger partial charge >= 0.3 is 0 Å². The van der Waals surface area contributed by atoms with Crippen LogP contribution in [-0.2, 0) is 19.5 Å². The Kier molecular flexibility index (Phi) is 5.47. The molecule has 1 aromatic carbocycles. The van der Waals surface area contributed by atoms with Crippen molar-refractivity contribution in [2.45, 2.75) is 32.5 Å². The molecule has 9 nitrogen and oxygen atoms in total. The van der Waals surface area contributed by atoms with Gasteiger partial charge < -0.3 is 15.2 Å². The first-order valence-corrected chi connectivity index (χ1v) is 8.37. The molecule has 0 aliphatic heterocycles. The highest BCUT2D eigenvalue weighted by molar-refractivity contribution is 5.43. The number of rotatable bonds is 8. The van der Waals surface area contributed by atoms with Crippen LogP contribution >= 0.6 is 0 Å². The monoisotopic (exact) mass is 357 g/mol. The van der Waals surface area contributed by atoms with Gasteiger partial charge in [0.1, 0.15) is 25.0 Å². The van der Waals surface area contributed by atoms with Crippen LogP contribution in [0.25, 0.3) is 0 Å². The fourth-order valence-corrected chi connectivity index (χ4v) is 2.75. The third kappa shape index (κ3) is 3.83. The van der Waals surface area contributed by atoms with E-state index in [-0.39, 0.29) is 6.04 Å². The molecule has 0 aliphatic carbocycles. The van der Waals surface area contributed by atoms with E-state index < -0.39 is 0 Å². The molecule has 1 atom stereocenters. The van der Waals surface area contributed by atoms with E-state index in [1.54, 1.807) is 25.2 Å². The van der Waals surface area contributed by atoms with Gasteiger partial charge in [0.05, 0.1) is 14.2 Å². The van der Waals surface area contributed by atoms with Crippen LogP contribution in [0.2, 0.25) is 0 Å². The van der Waals surface area contributed by atoms with E-state index in [1.165, 1.54) is 6.33 Å². The van der Waals surface area contributed by atoms with Crippen LogP contribution in [0.15, 0.2) is 30.9 Å².